The van der Waals surface area contributed by atoms with E-state index in [0.717, 1.165) is 77.7 Å². The Morgan fingerprint density at radius 3 is 2.10 bits per heavy atom. The van der Waals surface area contributed by atoms with Crippen LogP contribution in [0.1, 0.15) is 137 Å². The van der Waals surface area contributed by atoms with Crippen LogP contribution in [0.3, 0.4) is 0 Å². The molecule has 0 aromatic carbocycles. The van der Waals surface area contributed by atoms with Crippen molar-refractivity contribution in [3.63, 3.8) is 0 Å². The Hall–Kier alpha value is -0.950. The van der Waals surface area contributed by atoms with Crippen molar-refractivity contribution in [3.8, 4) is 0 Å². The van der Waals surface area contributed by atoms with Gasteiger partial charge in [0, 0.05) is 26.1 Å². The molecule has 2 atom stereocenters. The van der Waals surface area contributed by atoms with Crippen molar-refractivity contribution in [1.82, 2.24) is 10.2 Å². The quantitative estimate of drug-likeness (QED) is 0.0419. The van der Waals surface area contributed by atoms with Crippen molar-refractivity contribution >= 4 is 5.97 Å². The summed E-state index contributed by atoms with van der Waals surface area (Å²) in [6.07, 6.45) is 21.3. The van der Waals surface area contributed by atoms with Crippen LogP contribution in [0.15, 0.2) is 12.2 Å². The monoisotopic (exact) mass is 555 g/mol. The number of likely N-dealkylation sites (N-methyl/N-ethyl adjacent to an activating group) is 1. The first-order valence-electron chi connectivity index (χ1n) is 16.6. The maximum Gasteiger partial charge on any atom is 0.306 e. The Bertz CT molecular complexity index is 540. The van der Waals surface area contributed by atoms with E-state index in [-0.39, 0.29) is 25.0 Å². The molecule has 0 fully saturated rings. The van der Waals surface area contributed by atoms with E-state index in [0.29, 0.717) is 13.0 Å². The minimum atomic E-state index is -0.187. The first-order valence-corrected chi connectivity index (χ1v) is 16.6. The summed E-state index contributed by atoms with van der Waals surface area (Å²) < 4.78 is 17.6. The summed E-state index contributed by atoms with van der Waals surface area (Å²) in [6, 6.07) is 0. The van der Waals surface area contributed by atoms with Crippen LogP contribution < -0.4 is 5.32 Å². The molecule has 0 aromatic heterocycles. The van der Waals surface area contributed by atoms with Crippen LogP contribution in [0.5, 0.6) is 0 Å². The summed E-state index contributed by atoms with van der Waals surface area (Å²) in [7, 11) is 0. The molecular weight excluding hydrogens is 488 g/mol. The molecule has 0 saturated heterocycles. The Balaban J connectivity index is 4.44. The zero-order valence-electron chi connectivity index (χ0n) is 26.7. The van der Waals surface area contributed by atoms with Crippen LogP contribution in [-0.4, -0.2) is 69.2 Å². The fraction of sp³-hybridized carbons (Fsp3) is 0.909. The largest absolute Gasteiger partial charge is 0.460 e. The third-order valence-corrected chi connectivity index (χ3v) is 7.36. The Kier molecular flexibility index (Phi) is 29.3. The first kappa shape index (κ1) is 38.0. The molecule has 0 aliphatic carbocycles. The van der Waals surface area contributed by atoms with Gasteiger partial charge in [0.1, 0.15) is 12.9 Å². The standard InChI is InChI=1S/C33H66N2O4/c1-6-11-13-14-15-19-22-26-33(36)39-32(31(24-12-7-2)38-30-37-10-5)25-21-18-16-17-20-23-27-34-28-29-35(8-3)9-4/h15,19,31-32,34H,6-14,16-18,20-30H2,1-5H3/b19-15-/t31-,32+/m1/s1. The highest BCUT2D eigenvalue weighted by Crippen LogP contribution is 2.20. The lowest BCUT2D eigenvalue weighted by Gasteiger charge is -2.27. The number of rotatable bonds is 30. The van der Waals surface area contributed by atoms with Gasteiger partial charge in [0.15, 0.2) is 0 Å². The molecule has 0 bridgehead atoms. The van der Waals surface area contributed by atoms with Gasteiger partial charge in [-0.1, -0.05) is 91.2 Å². The normalized spacial score (nSPS) is 13.4. The molecule has 6 nitrogen and oxygen atoms in total. The highest BCUT2D eigenvalue weighted by atomic mass is 16.7. The smallest absolute Gasteiger partial charge is 0.306 e. The number of nitrogens with one attached hydrogen (secondary N) is 1. The number of hydrogen-bond acceptors (Lipinski definition) is 6. The van der Waals surface area contributed by atoms with Crippen molar-refractivity contribution in [2.75, 3.05) is 46.1 Å². The maximum absolute atomic E-state index is 12.7. The Morgan fingerprint density at radius 2 is 1.41 bits per heavy atom. The van der Waals surface area contributed by atoms with Crippen LogP contribution in [-0.2, 0) is 19.0 Å². The minimum Gasteiger partial charge on any atom is -0.460 e. The lowest BCUT2D eigenvalue weighted by atomic mass is 10.00. The van der Waals surface area contributed by atoms with Gasteiger partial charge in [-0.3, -0.25) is 4.79 Å². The zero-order chi connectivity index (χ0) is 28.8. The van der Waals surface area contributed by atoms with E-state index in [9.17, 15) is 4.79 Å². The van der Waals surface area contributed by atoms with Gasteiger partial charge in [-0.2, -0.15) is 0 Å². The molecule has 1 N–H and O–H groups in total. The molecule has 0 aliphatic rings. The number of carbonyl (C=O) groups excluding carboxylic acids is 1. The van der Waals surface area contributed by atoms with E-state index in [4.69, 9.17) is 14.2 Å². The molecule has 0 radical (unpaired) electrons. The van der Waals surface area contributed by atoms with Crippen LogP contribution in [0, 0.1) is 0 Å². The number of allylic oxidation sites excluding steroid dienone is 2. The van der Waals surface area contributed by atoms with Gasteiger partial charge in [-0.15, -0.1) is 0 Å². The third-order valence-electron chi connectivity index (χ3n) is 7.36. The van der Waals surface area contributed by atoms with Crippen molar-refractivity contribution in [2.24, 2.45) is 0 Å². The van der Waals surface area contributed by atoms with Crippen molar-refractivity contribution < 1.29 is 19.0 Å². The van der Waals surface area contributed by atoms with Crippen LogP contribution in [0.2, 0.25) is 0 Å². The molecule has 0 saturated carbocycles. The highest BCUT2D eigenvalue weighted by Gasteiger charge is 2.25. The Morgan fingerprint density at radius 1 is 0.744 bits per heavy atom. The second kappa shape index (κ2) is 30.0. The molecule has 0 heterocycles. The van der Waals surface area contributed by atoms with Crippen molar-refractivity contribution in [2.45, 2.75) is 150 Å². The average Bonchev–Trinajstić information content (AvgIpc) is 2.94. The molecule has 0 amide bonds. The van der Waals surface area contributed by atoms with Gasteiger partial charge < -0.3 is 24.4 Å². The van der Waals surface area contributed by atoms with Crippen molar-refractivity contribution in [3.05, 3.63) is 12.2 Å². The molecule has 0 unspecified atom stereocenters. The van der Waals surface area contributed by atoms with Gasteiger partial charge in [-0.05, 0) is 71.5 Å². The van der Waals surface area contributed by atoms with E-state index in [1.54, 1.807) is 0 Å². The van der Waals surface area contributed by atoms with Gasteiger partial charge in [0.05, 0.1) is 6.10 Å². The van der Waals surface area contributed by atoms with E-state index in [1.807, 2.05) is 6.92 Å². The lowest BCUT2D eigenvalue weighted by molar-refractivity contribution is -0.169. The second-order valence-corrected chi connectivity index (χ2v) is 10.7. The van der Waals surface area contributed by atoms with Gasteiger partial charge in [0.25, 0.3) is 0 Å². The van der Waals surface area contributed by atoms with Crippen LogP contribution >= 0.6 is 0 Å². The van der Waals surface area contributed by atoms with E-state index < -0.39 is 0 Å². The molecule has 0 aromatic rings. The number of esters is 1. The summed E-state index contributed by atoms with van der Waals surface area (Å²) in [4.78, 5) is 15.2. The van der Waals surface area contributed by atoms with Crippen LogP contribution in [0.25, 0.3) is 0 Å². The first-order chi connectivity index (χ1) is 19.1. The molecular formula is C33H66N2O4. The topological polar surface area (TPSA) is 60.0 Å². The number of hydrogen-bond donors (Lipinski definition) is 1. The van der Waals surface area contributed by atoms with Crippen molar-refractivity contribution in [1.29, 1.82) is 0 Å². The molecule has 0 rings (SSSR count). The highest BCUT2D eigenvalue weighted by molar-refractivity contribution is 5.69. The van der Waals surface area contributed by atoms with E-state index in [2.05, 4.69) is 50.1 Å². The molecule has 0 spiro atoms. The maximum atomic E-state index is 12.7. The van der Waals surface area contributed by atoms with Gasteiger partial charge in [-0.25, -0.2) is 0 Å². The van der Waals surface area contributed by atoms with Crippen LogP contribution in [0.4, 0.5) is 0 Å². The minimum absolute atomic E-state index is 0.0903. The summed E-state index contributed by atoms with van der Waals surface area (Å²) in [6.45, 7) is 17.3. The summed E-state index contributed by atoms with van der Waals surface area (Å²) in [5.74, 6) is -0.104. The number of nitrogens with zero attached hydrogens (tertiary/aromatic N) is 1. The summed E-state index contributed by atoms with van der Waals surface area (Å²) in [5.41, 5.74) is 0. The average molecular weight is 555 g/mol. The molecule has 6 heteroatoms. The fourth-order valence-corrected chi connectivity index (χ4v) is 4.70. The van der Waals surface area contributed by atoms with Gasteiger partial charge in [0.2, 0.25) is 0 Å². The lowest BCUT2D eigenvalue weighted by Crippen LogP contribution is -2.34. The predicted molar refractivity (Wildman–Crippen MR) is 166 cm³/mol. The SMILES string of the molecule is CCCCC/C=C\CCC(=O)O[C@@H](CCCCCCCCNCCN(CC)CC)[C@@H](CCCC)OCOCC. The van der Waals surface area contributed by atoms with E-state index in [1.165, 1.54) is 51.4 Å². The molecule has 39 heavy (non-hydrogen) atoms. The third kappa shape index (κ3) is 24.6. The molecule has 232 valence electrons. The number of ether oxygens (including phenoxy) is 3. The summed E-state index contributed by atoms with van der Waals surface area (Å²) >= 11 is 0. The van der Waals surface area contributed by atoms with Gasteiger partial charge >= 0.3 is 5.97 Å². The predicted octanol–water partition coefficient (Wildman–Crippen LogP) is 8.05. The zero-order valence-corrected chi connectivity index (χ0v) is 26.7. The Labute approximate surface area is 243 Å². The fourth-order valence-electron chi connectivity index (χ4n) is 4.70. The number of carbonyl (C=O) groups is 1. The van der Waals surface area contributed by atoms with E-state index >= 15 is 0 Å². The molecule has 0 aliphatic heterocycles. The number of unbranched alkanes of at least 4 members (excludes halogenated alkanes) is 9. The second-order valence-electron chi connectivity index (χ2n) is 10.7. The summed E-state index contributed by atoms with van der Waals surface area (Å²) in [5, 5.41) is 3.58.